The molecule has 0 aromatic heterocycles. The fourth-order valence-corrected chi connectivity index (χ4v) is 3.28. The van der Waals surface area contributed by atoms with Gasteiger partial charge in [-0.3, -0.25) is 14.1 Å². The number of unbranched alkanes of at least 4 members (excludes halogenated alkanes) is 7. The summed E-state index contributed by atoms with van der Waals surface area (Å²) in [5.74, 6) is -2.49. The second-order valence-electron chi connectivity index (χ2n) is 6.87. The van der Waals surface area contributed by atoms with E-state index in [0.29, 0.717) is 6.54 Å². The van der Waals surface area contributed by atoms with Crippen molar-refractivity contribution in [3.63, 3.8) is 0 Å². The van der Waals surface area contributed by atoms with E-state index in [1.54, 1.807) is 0 Å². The summed E-state index contributed by atoms with van der Waals surface area (Å²) in [6, 6.07) is 0. The summed E-state index contributed by atoms with van der Waals surface area (Å²) < 4.78 is 30.6. The van der Waals surface area contributed by atoms with Crippen LogP contribution < -0.4 is 16.0 Å². The normalized spacial score (nSPS) is 11.8. The summed E-state index contributed by atoms with van der Waals surface area (Å²) in [5.41, 5.74) is 0. The minimum atomic E-state index is -4.80. The molecule has 0 aliphatic heterocycles. The van der Waals surface area contributed by atoms with Gasteiger partial charge in [-0.05, 0) is 13.0 Å². The van der Waals surface area contributed by atoms with Gasteiger partial charge in [-0.25, -0.2) is 0 Å². The van der Waals surface area contributed by atoms with E-state index in [2.05, 4.69) is 22.9 Å². The van der Waals surface area contributed by atoms with Crippen LogP contribution in [0.15, 0.2) is 0 Å². The van der Waals surface area contributed by atoms with Crippen molar-refractivity contribution in [3.05, 3.63) is 0 Å². The summed E-state index contributed by atoms with van der Waals surface area (Å²) in [6.07, 6.45) is 9.54. The van der Waals surface area contributed by atoms with Crippen LogP contribution in [-0.4, -0.2) is 127 Å². The molecule has 0 bridgehead atoms. The number of amides is 1. The molecule has 0 saturated carbocycles. The summed E-state index contributed by atoms with van der Waals surface area (Å²) in [6.45, 7) is 5.48. The largest absolute Gasteiger partial charge is 0.480 e. The number of carboxylic acids is 1. The molecule has 0 aromatic carbocycles. The first kappa shape index (κ1) is 35.4. The van der Waals surface area contributed by atoms with Gasteiger partial charge in [0.15, 0.2) is 5.25 Å². The van der Waals surface area contributed by atoms with Crippen LogP contribution in [0.3, 0.4) is 0 Å². The van der Waals surface area contributed by atoms with Crippen molar-refractivity contribution in [2.75, 3.05) is 32.7 Å². The van der Waals surface area contributed by atoms with Crippen LogP contribution in [0.5, 0.6) is 0 Å². The first-order valence-electron chi connectivity index (χ1n) is 10.2. The third-order valence-electron chi connectivity index (χ3n) is 4.32. The van der Waals surface area contributed by atoms with E-state index in [-0.39, 0.29) is 65.7 Å². The first-order chi connectivity index (χ1) is 13.3. The maximum Gasteiger partial charge on any atom is 0.324 e. The minimum absolute atomic E-state index is 0. The van der Waals surface area contributed by atoms with Crippen molar-refractivity contribution >= 4 is 81.1 Å². The number of carbonyl (C=O) groups is 2. The second-order valence-corrected chi connectivity index (χ2v) is 8.47. The molecule has 5 N–H and O–H groups in total. The summed E-state index contributed by atoms with van der Waals surface area (Å²) in [4.78, 5) is 22.3. The van der Waals surface area contributed by atoms with Crippen LogP contribution in [-0.2, 0) is 19.7 Å². The van der Waals surface area contributed by atoms with Crippen LogP contribution in [0.1, 0.15) is 64.7 Å². The van der Waals surface area contributed by atoms with Gasteiger partial charge in [-0.1, -0.05) is 51.9 Å². The number of rotatable bonds is 19. The van der Waals surface area contributed by atoms with E-state index in [9.17, 15) is 18.0 Å². The van der Waals surface area contributed by atoms with E-state index < -0.39 is 33.7 Å². The average Bonchev–Trinajstić information content (AvgIpc) is 2.61. The van der Waals surface area contributed by atoms with Crippen molar-refractivity contribution in [2.45, 2.75) is 70.0 Å². The molecule has 0 aliphatic rings. The van der Waals surface area contributed by atoms with Gasteiger partial charge in [0.25, 0.3) is 10.1 Å². The van der Waals surface area contributed by atoms with E-state index in [1.807, 2.05) is 0 Å². The molecule has 2 radical (unpaired) electrons. The van der Waals surface area contributed by atoms with Gasteiger partial charge < -0.3 is 21.1 Å². The molecule has 0 saturated heterocycles. The van der Waals surface area contributed by atoms with E-state index >= 15 is 0 Å². The quantitative estimate of drug-likeness (QED) is 0.104. The van der Waals surface area contributed by atoms with Gasteiger partial charge >= 0.3 is 5.97 Å². The molecule has 0 rings (SSSR count). The van der Waals surface area contributed by atoms with Crippen molar-refractivity contribution in [2.24, 2.45) is 0 Å². The summed E-state index contributed by atoms with van der Waals surface area (Å²) in [7, 11) is -4.80. The maximum atomic E-state index is 11.5. The van der Waals surface area contributed by atoms with Crippen molar-refractivity contribution in [3.8, 4) is 0 Å². The number of hydrogen-bond donors (Lipinski definition) is 5. The standard InChI is InChI=1S/C18H37N3O6S.2Na/c1-2-3-4-5-6-7-8-9-10-19-11-12-20-13-14-21-17(22)15-16(18(23)24)28(25,26)27;;/h16,19-20H,2-15H2,1H3,(H,21,22)(H,23,24)(H,25,26,27);;. The number of nitrogens with one attached hydrogen (secondary N) is 3. The van der Waals surface area contributed by atoms with Crippen molar-refractivity contribution in [1.82, 2.24) is 16.0 Å². The summed E-state index contributed by atoms with van der Waals surface area (Å²) in [5, 5.41) is 15.5. The molecule has 0 spiro atoms. The van der Waals surface area contributed by atoms with Gasteiger partial charge in [0.1, 0.15) is 0 Å². The molecule has 1 atom stereocenters. The topological polar surface area (TPSA) is 145 Å². The van der Waals surface area contributed by atoms with Gasteiger partial charge in [0, 0.05) is 85.3 Å². The Labute approximate surface area is 225 Å². The Balaban J connectivity index is -0.00000364. The second kappa shape index (κ2) is 22.9. The predicted molar refractivity (Wildman–Crippen MR) is 120 cm³/mol. The predicted octanol–water partition coefficient (Wildman–Crippen LogP) is 0.392. The Kier molecular flexibility index (Phi) is 27.0. The van der Waals surface area contributed by atoms with E-state index in [0.717, 1.165) is 19.6 Å². The molecule has 0 heterocycles. The van der Waals surface area contributed by atoms with Crippen LogP contribution in [0.4, 0.5) is 0 Å². The monoisotopic (exact) mass is 469 g/mol. The van der Waals surface area contributed by atoms with Crippen LogP contribution in [0.25, 0.3) is 0 Å². The van der Waals surface area contributed by atoms with Crippen LogP contribution in [0, 0.1) is 0 Å². The Morgan fingerprint density at radius 2 is 1.27 bits per heavy atom. The molecule has 0 fully saturated rings. The van der Waals surface area contributed by atoms with Crippen LogP contribution in [0.2, 0.25) is 0 Å². The van der Waals surface area contributed by atoms with Crippen molar-refractivity contribution < 1.29 is 27.7 Å². The molecule has 12 heteroatoms. The fourth-order valence-electron chi connectivity index (χ4n) is 2.66. The zero-order chi connectivity index (χ0) is 21.3. The maximum absolute atomic E-state index is 11.5. The third kappa shape index (κ3) is 22.0. The van der Waals surface area contributed by atoms with Gasteiger partial charge in [-0.2, -0.15) is 8.42 Å². The number of hydrogen-bond acceptors (Lipinski definition) is 6. The Morgan fingerprint density at radius 3 is 1.77 bits per heavy atom. The molecule has 168 valence electrons. The molecular formula is C18H37N3Na2O6S. The van der Waals surface area contributed by atoms with Gasteiger partial charge in [0.2, 0.25) is 5.91 Å². The van der Waals surface area contributed by atoms with E-state index in [4.69, 9.17) is 9.66 Å². The molecule has 30 heavy (non-hydrogen) atoms. The number of carboxylic acid groups (broad SMARTS) is 1. The SMILES string of the molecule is CCCCCCCCCCNCCNCCNC(=O)CC(C(=O)O)S(=O)(=O)O.[Na].[Na]. The van der Waals surface area contributed by atoms with Crippen LogP contribution >= 0.6 is 0 Å². The van der Waals surface area contributed by atoms with Gasteiger partial charge in [0.05, 0.1) is 6.42 Å². The Bertz CT molecular complexity index is 538. The van der Waals surface area contributed by atoms with E-state index in [1.165, 1.54) is 51.4 Å². The third-order valence-corrected chi connectivity index (χ3v) is 5.40. The molecule has 1 unspecified atom stereocenters. The molecule has 1 amide bonds. The zero-order valence-corrected chi connectivity index (χ0v) is 23.7. The molecule has 0 aliphatic carbocycles. The average molecular weight is 470 g/mol. The Morgan fingerprint density at radius 1 is 0.800 bits per heavy atom. The number of carbonyl (C=O) groups excluding carboxylic acids is 1. The first-order valence-corrected chi connectivity index (χ1v) is 11.7. The zero-order valence-electron chi connectivity index (χ0n) is 18.9. The molecule has 0 aromatic rings. The van der Waals surface area contributed by atoms with Crippen molar-refractivity contribution in [1.29, 1.82) is 0 Å². The van der Waals surface area contributed by atoms with Gasteiger partial charge in [-0.15, -0.1) is 0 Å². The minimum Gasteiger partial charge on any atom is -0.480 e. The number of aliphatic carboxylic acids is 1. The fraction of sp³-hybridized carbons (Fsp3) is 0.889. The molecular weight excluding hydrogens is 432 g/mol. The summed E-state index contributed by atoms with van der Waals surface area (Å²) >= 11 is 0. The smallest absolute Gasteiger partial charge is 0.324 e. The Hall–Kier alpha value is 0.770. The molecule has 9 nitrogen and oxygen atoms in total.